The predicted octanol–water partition coefficient (Wildman–Crippen LogP) is 2.89. The highest BCUT2D eigenvalue weighted by molar-refractivity contribution is 9.09. The van der Waals surface area contributed by atoms with Crippen LogP contribution in [0.1, 0.15) is 18.6 Å². The van der Waals surface area contributed by atoms with Gasteiger partial charge >= 0.3 is 0 Å². The fourth-order valence-electron chi connectivity index (χ4n) is 1.68. The Balaban J connectivity index is 2.28. The first-order valence-corrected chi connectivity index (χ1v) is 5.70. The summed E-state index contributed by atoms with van der Waals surface area (Å²) in [5.41, 5.74) is 1.09. The molecule has 0 fully saturated rings. The summed E-state index contributed by atoms with van der Waals surface area (Å²) in [4.78, 5) is 0.253. The fraction of sp³-hybridized carbons (Fsp3) is 0.455. The number of halogens is 1. The number of rotatable bonds is 3. The lowest BCUT2D eigenvalue weighted by Gasteiger charge is -2.18. The van der Waals surface area contributed by atoms with Crippen LogP contribution in [0, 0.1) is 0 Å². The highest BCUT2D eigenvalue weighted by Gasteiger charge is 2.20. The van der Waals surface area contributed by atoms with Crippen LogP contribution in [-0.4, -0.2) is 18.7 Å². The van der Waals surface area contributed by atoms with Gasteiger partial charge in [0.15, 0.2) is 11.5 Å². The first-order chi connectivity index (χ1) is 7.22. The maximum absolute atomic E-state index is 5.41. The van der Waals surface area contributed by atoms with Gasteiger partial charge in [-0.25, -0.2) is 0 Å². The maximum atomic E-state index is 5.41. The van der Waals surface area contributed by atoms with Crippen molar-refractivity contribution in [2.24, 2.45) is 0 Å². The second kappa shape index (κ2) is 4.41. The van der Waals surface area contributed by atoms with E-state index in [1.165, 1.54) is 0 Å². The van der Waals surface area contributed by atoms with Crippen LogP contribution < -0.4 is 9.47 Å². The molecule has 1 heterocycles. The molecule has 0 saturated carbocycles. The summed E-state index contributed by atoms with van der Waals surface area (Å²) < 4.78 is 16.0. The van der Waals surface area contributed by atoms with E-state index >= 15 is 0 Å². The number of benzene rings is 1. The highest BCUT2D eigenvalue weighted by Crippen LogP contribution is 2.36. The second-order valence-corrected chi connectivity index (χ2v) is 4.89. The molecule has 0 aromatic heterocycles. The molecule has 4 heteroatoms. The summed E-state index contributed by atoms with van der Waals surface area (Å²) in [5, 5.41) is 0. The molecule has 0 amide bonds. The van der Waals surface area contributed by atoms with E-state index in [1.54, 1.807) is 7.11 Å². The first-order valence-electron chi connectivity index (χ1n) is 4.79. The molecule has 1 aromatic carbocycles. The maximum Gasteiger partial charge on any atom is 0.231 e. The molecule has 2 atom stereocenters. The molecule has 0 spiro atoms. The van der Waals surface area contributed by atoms with Gasteiger partial charge in [0, 0.05) is 11.9 Å². The molecule has 0 aliphatic carbocycles. The van der Waals surface area contributed by atoms with E-state index in [0.717, 1.165) is 17.1 Å². The molecule has 0 bridgehead atoms. The molecular weight excluding hydrogens is 260 g/mol. The van der Waals surface area contributed by atoms with Crippen molar-refractivity contribution in [1.29, 1.82) is 0 Å². The monoisotopic (exact) mass is 272 g/mol. The first kappa shape index (κ1) is 10.8. The standard InChI is InChI=1S/C11H13BrO3/c1-7(12)11(13-2)8-3-4-9-10(5-8)15-6-14-9/h3-5,7,11H,6H2,1-2H3/t7-,11-/m0/s1. The van der Waals surface area contributed by atoms with Crippen molar-refractivity contribution < 1.29 is 14.2 Å². The summed E-state index contributed by atoms with van der Waals surface area (Å²) >= 11 is 3.52. The molecule has 0 N–H and O–H groups in total. The molecule has 2 rings (SSSR count). The molecule has 0 radical (unpaired) electrons. The van der Waals surface area contributed by atoms with Gasteiger partial charge in [-0.3, -0.25) is 0 Å². The summed E-state index contributed by atoms with van der Waals surface area (Å²) in [5.74, 6) is 1.60. The van der Waals surface area contributed by atoms with Gasteiger partial charge in [0.1, 0.15) is 0 Å². The minimum Gasteiger partial charge on any atom is -0.454 e. The van der Waals surface area contributed by atoms with Gasteiger partial charge in [-0.2, -0.15) is 0 Å². The van der Waals surface area contributed by atoms with Crippen molar-refractivity contribution in [3.8, 4) is 11.5 Å². The third kappa shape index (κ3) is 2.11. The number of fused-ring (bicyclic) bond motifs is 1. The Morgan fingerprint density at radius 2 is 2.07 bits per heavy atom. The van der Waals surface area contributed by atoms with Crippen LogP contribution in [0.2, 0.25) is 0 Å². The van der Waals surface area contributed by atoms with E-state index in [1.807, 2.05) is 18.2 Å². The molecule has 0 saturated heterocycles. The summed E-state index contributed by atoms with van der Waals surface area (Å²) in [6.45, 7) is 2.36. The van der Waals surface area contributed by atoms with Crippen molar-refractivity contribution in [3.63, 3.8) is 0 Å². The lowest BCUT2D eigenvalue weighted by atomic mass is 10.1. The molecule has 15 heavy (non-hydrogen) atoms. The normalized spacial score (nSPS) is 17.5. The molecule has 82 valence electrons. The largest absolute Gasteiger partial charge is 0.454 e. The molecular formula is C11H13BrO3. The number of hydrogen-bond acceptors (Lipinski definition) is 3. The quantitative estimate of drug-likeness (QED) is 0.792. The number of ether oxygens (including phenoxy) is 3. The number of hydrogen-bond donors (Lipinski definition) is 0. The Morgan fingerprint density at radius 3 is 2.73 bits per heavy atom. The van der Waals surface area contributed by atoms with E-state index in [4.69, 9.17) is 14.2 Å². The van der Waals surface area contributed by atoms with Crippen molar-refractivity contribution in [1.82, 2.24) is 0 Å². The van der Waals surface area contributed by atoms with E-state index < -0.39 is 0 Å². The smallest absolute Gasteiger partial charge is 0.231 e. The zero-order valence-corrected chi connectivity index (χ0v) is 10.3. The van der Waals surface area contributed by atoms with Gasteiger partial charge in [0.2, 0.25) is 6.79 Å². The Morgan fingerprint density at radius 1 is 1.33 bits per heavy atom. The van der Waals surface area contributed by atoms with Crippen LogP contribution in [0.25, 0.3) is 0 Å². The minimum absolute atomic E-state index is 0.0273. The lowest BCUT2D eigenvalue weighted by molar-refractivity contribution is 0.106. The van der Waals surface area contributed by atoms with Crippen LogP contribution in [0.15, 0.2) is 18.2 Å². The molecule has 3 nitrogen and oxygen atoms in total. The van der Waals surface area contributed by atoms with Crippen LogP contribution in [0.3, 0.4) is 0 Å². The van der Waals surface area contributed by atoms with Crippen LogP contribution in [-0.2, 0) is 4.74 Å². The third-order valence-electron chi connectivity index (χ3n) is 2.40. The molecule has 1 aromatic rings. The number of methoxy groups -OCH3 is 1. The van der Waals surface area contributed by atoms with Gasteiger partial charge in [-0.1, -0.05) is 22.0 Å². The van der Waals surface area contributed by atoms with Crippen LogP contribution >= 0.6 is 15.9 Å². The minimum atomic E-state index is 0.0273. The van der Waals surface area contributed by atoms with Crippen LogP contribution in [0.5, 0.6) is 11.5 Å². The van der Waals surface area contributed by atoms with Crippen molar-refractivity contribution in [2.75, 3.05) is 13.9 Å². The zero-order chi connectivity index (χ0) is 10.8. The molecule has 1 aliphatic rings. The predicted molar refractivity (Wildman–Crippen MR) is 60.7 cm³/mol. The van der Waals surface area contributed by atoms with Gasteiger partial charge in [-0.15, -0.1) is 0 Å². The van der Waals surface area contributed by atoms with Crippen molar-refractivity contribution in [2.45, 2.75) is 17.9 Å². The third-order valence-corrected chi connectivity index (χ3v) is 2.88. The average Bonchev–Trinajstić information content (AvgIpc) is 2.65. The summed E-state index contributed by atoms with van der Waals surface area (Å²) in [6.07, 6.45) is 0.0273. The zero-order valence-electron chi connectivity index (χ0n) is 8.70. The van der Waals surface area contributed by atoms with E-state index in [9.17, 15) is 0 Å². The van der Waals surface area contributed by atoms with E-state index in [0.29, 0.717) is 6.79 Å². The van der Waals surface area contributed by atoms with E-state index in [2.05, 4.69) is 22.9 Å². The molecule has 1 aliphatic heterocycles. The highest BCUT2D eigenvalue weighted by atomic mass is 79.9. The second-order valence-electron chi connectivity index (χ2n) is 3.45. The topological polar surface area (TPSA) is 27.7 Å². The molecule has 0 unspecified atom stereocenters. The number of alkyl halides is 1. The summed E-state index contributed by atoms with van der Waals surface area (Å²) in [6, 6.07) is 5.88. The Kier molecular flexibility index (Phi) is 3.17. The van der Waals surface area contributed by atoms with Gasteiger partial charge < -0.3 is 14.2 Å². The van der Waals surface area contributed by atoms with Crippen molar-refractivity contribution in [3.05, 3.63) is 23.8 Å². The van der Waals surface area contributed by atoms with Gasteiger partial charge in [0.05, 0.1) is 6.10 Å². The van der Waals surface area contributed by atoms with E-state index in [-0.39, 0.29) is 10.9 Å². The van der Waals surface area contributed by atoms with Crippen LogP contribution in [0.4, 0.5) is 0 Å². The van der Waals surface area contributed by atoms with Gasteiger partial charge in [0.25, 0.3) is 0 Å². The Labute approximate surface area is 97.5 Å². The Hall–Kier alpha value is -0.740. The summed E-state index contributed by atoms with van der Waals surface area (Å²) in [7, 11) is 1.70. The SMILES string of the molecule is CO[C@H](c1ccc2c(c1)OCO2)[C@H](C)Br. The van der Waals surface area contributed by atoms with Crippen molar-refractivity contribution >= 4 is 15.9 Å². The lowest BCUT2D eigenvalue weighted by Crippen LogP contribution is -2.10. The Bertz CT molecular complexity index is 352. The van der Waals surface area contributed by atoms with Gasteiger partial charge in [-0.05, 0) is 24.6 Å². The average molecular weight is 273 g/mol. The fourth-order valence-corrected chi connectivity index (χ4v) is 2.20.